The zero-order valence-electron chi connectivity index (χ0n) is 9.76. The molecule has 0 radical (unpaired) electrons. The summed E-state index contributed by atoms with van der Waals surface area (Å²) in [5, 5.41) is 7.61. The lowest BCUT2D eigenvalue weighted by molar-refractivity contribution is 0.111. The molecule has 0 spiro atoms. The Kier molecular flexibility index (Phi) is 4.19. The Morgan fingerprint density at radius 2 is 2.41 bits per heavy atom. The summed E-state index contributed by atoms with van der Waals surface area (Å²) in [5.74, 6) is 0. The number of nitrogens with zero attached hydrogens (tertiary/aromatic N) is 4. The third-order valence-corrected chi connectivity index (χ3v) is 3.20. The van der Waals surface area contributed by atoms with Crippen molar-refractivity contribution in [3.8, 4) is 0 Å². The van der Waals surface area contributed by atoms with Crippen LogP contribution < -0.4 is 0 Å². The molecule has 0 N–H and O–H groups in total. The van der Waals surface area contributed by atoms with Gasteiger partial charge in [0.15, 0.2) is 6.29 Å². The van der Waals surface area contributed by atoms with Crippen molar-refractivity contribution in [1.82, 2.24) is 19.9 Å². The van der Waals surface area contributed by atoms with Gasteiger partial charge in [0.2, 0.25) is 0 Å². The Balaban J connectivity index is 1.97. The predicted molar refractivity (Wildman–Crippen MR) is 60.6 cm³/mol. The normalized spacial score (nSPS) is 21.6. The molecule has 2 heterocycles. The molecule has 1 saturated heterocycles. The molecule has 1 atom stereocenters. The molecule has 2 rings (SSSR count). The van der Waals surface area contributed by atoms with Crippen LogP contribution >= 0.6 is 0 Å². The highest BCUT2D eigenvalue weighted by molar-refractivity contribution is 5.70. The van der Waals surface area contributed by atoms with Crippen molar-refractivity contribution in [3.63, 3.8) is 0 Å². The second kappa shape index (κ2) is 5.86. The Morgan fingerprint density at radius 1 is 1.53 bits per heavy atom. The van der Waals surface area contributed by atoms with Gasteiger partial charge in [0.1, 0.15) is 12.4 Å². The number of alkyl halides is 1. The third-order valence-electron chi connectivity index (χ3n) is 3.20. The molecule has 94 valence electrons. The van der Waals surface area contributed by atoms with E-state index in [1.54, 1.807) is 10.9 Å². The number of likely N-dealkylation sites (tertiary alicyclic amines) is 1. The fourth-order valence-electron chi connectivity index (χ4n) is 2.34. The van der Waals surface area contributed by atoms with Crippen molar-refractivity contribution in [3.05, 3.63) is 11.9 Å². The summed E-state index contributed by atoms with van der Waals surface area (Å²) < 4.78 is 14.1. The summed E-state index contributed by atoms with van der Waals surface area (Å²) in [7, 11) is 0. The highest BCUT2D eigenvalue weighted by atomic mass is 19.1. The van der Waals surface area contributed by atoms with E-state index in [-0.39, 0.29) is 6.67 Å². The first-order valence-corrected chi connectivity index (χ1v) is 5.99. The van der Waals surface area contributed by atoms with Gasteiger partial charge in [-0.15, -0.1) is 5.10 Å². The predicted octanol–water partition coefficient (Wildman–Crippen LogP) is 0.915. The quantitative estimate of drug-likeness (QED) is 0.718. The topological polar surface area (TPSA) is 51.0 Å². The standard InChI is InChI=1S/C11H17FN4O/c12-4-6-15-5-2-1-3-11(15)8-16-7-10(9-17)13-14-16/h7,9,11H,1-6,8H2. The molecule has 1 aliphatic rings. The molecule has 17 heavy (non-hydrogen) atoms. The first-order valence-electron chi connectivity index (χ1n) is 5.99. The maximum absolute atomic E-state index is 12.4. The summed E-state index contributed by atoms with van der Waals surface area (Å²) >= 11 is 0. The van der Waals surface area contributed by atoms with Crippen molar-refractivity contribution >= 4 is 6.29 Å². The van der Waals surface area contributed by atoms with Crippen LogP contribution in [0.2, 0.25) is 0 Å². The number of aromatic nitrogens is 3. The number of carbonyl (C=O) groups excluding carboxylic acids is 1. The fourth-order valence-corrected chi connectivity index (χ4v) is 2.34. The minimum atomic E-state index is -0.312. The van der Waals surface area contributed by atoms with E-state index in [1.165, 1.54) is 6.42 Å². The highest BCUT2D eigenvalue weighted by Crippen LogP contribution is 2.17. The van der Waals surface area contributed by atoms with Crippen LogP contribution in [0.3, 0.4) is 0 Å². The van der Waals surface area contributed by atoms with Gasteiger partial charge in [-0.2, -0.15) is 0 Å². The fraction of sp³-hybridized carbons (Fsp3) is 0.727. The van der Waals surface area contributed by atoms with E-state index in [0.717, 1.165) is 19.4 Å². The number of aldehydes is 1. The number of hydrogen-bond donors (Lipinski definition) is 0. The maximum Gasteiger partial charge on any atom is 0.171 e. The molecule has 1 unspecified atom stereocenters. The molecular formula is C11H17FN4O. The average molecular weight is 240 g/mol. The molecule has 0 bridgehead atoms. The van der Waals surface area contributed by atoms with Gasteiger partial charge in [-0.05, 0) is 19.4 Å². The van der Waals surface area contributed by atoms with Gasteiger partial charge in [0.25, 0.3) is 0 Å². The largest absolute Gasteiger partial charge is 0.296 e. The summed E-state index contributed by atoms with van der Waals surface area (Å²) in [4.78, 5) is 12.7. The maximum atomic E-state index is 12.4. The van der Waals surface area contributed by atoms with Crippen molar-refractivity contribution in [2.75, 3.05) is 19.8 Å². The lowest BCUT2D eigenvalue weighted by Crippen LogP contribution is -2.43. The van der Waals surface area contributed by atoms with Crippen LogP contribution in [-0.2, 0) is 6.54 Å². The van der Waals surface area contributed by atoms with Crippen LogP contribution in [0.25, 0.3) is 0 Å². The molecule has 0 saturated carbocycles. The van der Waals surface area contributed by atoms with E-state index in [2.05, 4.69) is 15.2 Å². The van der Waals surface area contributed by atoms with Crippen LogP contribution in [0.15, 0.2) is 6.20 Å². The van der Waals surface area contributed by atoms with Crippen LogP contribution in [0.5, 0.6) is 0 Å². The zero-order valence-corrected chi connectivity index (χ0v) is 9.76. The van der Waals surface area contributed by atoms with E-state index in [0.29, 0.717) is 31.1 Å². The summed E-state index contributed by atoms with van der Waals surface area (Å²) in [6.07, 6.45) is 5.67. The van der Waals surface area contributed by atoms with Crippen molar-refractivity contribution < 1.29 is 9.18 Å². The molecule has 1 aromatic rings. The van der Waals surface area contributed by atoms with Crippen LogP contribution in [0, 0.1) is 0 Å². The summed E-state index contributed by atoms with van der Waals surface area (Å²) in [5.41, 5.74) is 0.345. The first-order chi connectivity index (χ1) is 8.33. The monoisotopic (exact) mass is 240 g/mol. The third kappa shape index (κ3) is 3.09. The van der Waals surface area contributed by atoms with E-state index >= 15 is 0 Å². The molecule has 6 heteroatoms. The second-order valence-corrected chi connectivity index (χ2v) is 4.36. The zero-order chi connectivity index (χ0) is 12.1. The average Bonchev–Trinajstić information content (AvgIpc) is 2.80. The molecule has 1 aliphatic heterocycles. The summed E-state index contributed by atoms with van der Waals surface area (Å²) in [6.45, 7) is 1.80. The Morgan fingerprint density at radius 3 is 3.12 bits per heavy atom. The van der Waals surface area contributed by atoms with E-state index in [1.807, 2.05) is 0 Å². The van der Waals surface area contributed by atoms with Gasteiger partial charge in [0, 0.05) is 12.6 Å². The Bertz CT molecular complexity index is 366. The van der Waals surface area contributed by atoms with Gasteiger partial charge in [-0.1, -0.05) is 11.6 Å². The molecule has 1 fully saturated rings. The van der Waals surface area contributed by atoms with Crippen LogP contribution in [-0.4, -0.2) is 52.0 Å². The van der Waals surface area contributed by atoms with Crippen molar-refractivity contribution in [2.24, 2.45) is 0 Å². The lowest BCUT2D eigenvalue weighted by Gasteiger charge is -2.34. The minimum absolute atomic E-state index is 0.306. The van der Waals surface area contributed by atoms with Gasteiger partial charge in [0.05, 0.1) is 12.7 Å². The number of carbonyl (C=O) groups is 1. The van der Waals surface area contributed by atoms with Gasteiger partial charge >= 0.3 is 0 Å². The number of hydrogen-bond acceptors (Lipinski definition) is 4. The Hall–Kier alpha value is -1.30. The van der Waals surface area contributed by atoms with Gasteiger partial charge in [-0.25, -0.2) is 4.39 Å². The molecule has 0 aliphatic carbocycles. The van der Waals surface area contributed by atoms with Crippen molar-refractivity contribution in [1.29, 1.82) is 0 Å². The van der Waals surface area contributed by atoms with E-state index in [9.17, 15) is 9.18 Å². The molecule has 5 nitrogen and oxygen atoms in total. The van der Waals surface area contributed by atoms with Gasteiger partial charge < -0.3 is 0 Å². The molecule has 0 aromatic carbocycles. The van der Waals surface area contributed by atoms with Gasteiger partial charge in [-0.3, -0.25) is 14.4 Å². The number of rotatable bonds is 5. The Labute approximate surface area is 99.6 Å². The molecule has 0 amide bonds. The lowest BCUT2D eigenvalue weighted by atomic mass is 10.0. The van der Waals surface area contributed by atoms with E-state index < -0.39 is 0 Å². The number of piperidine rings is 1. The summed E-state index contributed by atoms with van der Waals surface area (Å²) in [6, 6.07) is 0.306. The van der Waals surface area contributed by atoms with Crippen LogP contribution in [0.4, 0.5) is 4.39 Å². The minimum Gasteiger partial charge on any atom is -0.296 e. The molecule has 1 aromatic heterocycles. The van der Waals surface area contributed by atoms with Crippen molar-refractivity contribution in [2.45, 2.75) is 31.8 Å². The SMILES string of the molecule is O=Cc1cn(CC2CCCCN2CCF)nn1. The van der Waals surface area contributed by atoms with Crippen LogP contribution in [0.1, 0.15) is 29.8 Å². The smallest absolute Gasteiger partial charge is 0.171 e. The second-order valence-electron chi connectivity index (χ2n) is 4.36. The molecular weight excluding hydrogens is 223 g/mol. The van der Waals surface area contributed by atoms with E-state index in [4.69, 9.17) is 0 Å². The highest BCUT2D eigenvalue weighted by Gasteiger charge is 2.22. The first kappa shape index (κ1) is 12.2. The number of halogens is 1.